The summed E-state index contributed by atoms with van der Waals surface area (Å²) >= 11 is 0. The molecule has 0 spiro atoms. The highest BCUT2D eigenvalue weighted by Gasteiger charge is 2.58. The predicted molar refractivity (Wildman–Crippen MR) is 67.9 cm³/mol. The second-order valence-corrected chi connectivity index (χ2v) is 6.71. The molecule has 0 amide bonds. The lowest BCUT2D eigenvalue weighted by molar-refractivity contribution is -0.154. The maximum Gasteiger partial charge on any atom is 0.102 e. The molecule has 0 radical (unpaired) electrons. The van der Waals surface area contributed by atoms with E-state index in [1.807, 2.05) is 0 Å². The quantitative estimate of drug-likeness (QED) is 0.394. The van der Waals surface area contributed by atoms with Crippen molar-refractivity contribution in [2.45, 2.75) is 44.1 Å². The van der Waals surface area contributed by atoms with Crippen LogP contribution in [0.2, 0.25) is 0 Å². The van der Waals surface area contributed by atoms with Crippen LogP contribution in [0.25, 0.3) is 0 Å². The first-order chi connectivity index (χ1) is 8.11. The van der Waals surface area contributed by atoms with Gasteiger partial charge in [-0.2, -0.15) is 0 Å². The lowest BCUT2D eigenvalue weighted by atomic mass is 9.45. The largest absolute Gasteiger partial charge is 0.384 e. The molecule has 0 heterocycles. The van der Waals surface area contributed by atoms with E-state index >= 15 is 0 Å². The molecule has 4 rings (SSSR count). The fourth-order valence-corrected chi connectivity index (χ4v) is 5.27. The minimum Gasteiger partial charge on any atom is -0.384 e. The van der Waals surface area contributed by atoms with E-state index in [4.69, 9.17) is 5.84 Å². The van der Waals surface area contributed by atoms with Gasteiger partial charge in [0.15, 0.2) is 0 Å². The maximum atomic E-state index is 10.9. The smallest absolute Gasteiger partial charge is 0.102 e. The molecule has 0 aromatic carbocycles. The van der Waals surface area contributed by atoms with Crippen molar-refractivity contribution < 1.29 is 5.11 Å². The summed E-state index contributed by atoms with van der Waals surface area (Å²) in [5.41, 5.74) is 1.89. The molecule has 17 heavy (non-hydrogen) atoms. The molecular weight excluding hydrogens is 212 g/mol. The first kappa shape index (κ1) is 11.7. The fraction of sp³-hybridized carbons (Fsp3) is 0.857. The Labute approximate surface area is 103 Å². The van der Waals surface area contributed by atoms with Gasteiger partial charge in [0, 0.05) is 12.0 Å². The van der Waals surface area contributed by atoms with E-state index in [1.54, 1.807) is 6.08 Å². The third-order valence-electron chi connectivity index (χ3n) is 5.67. The normalized spacial score (nSPS) is 46.8. The average molecular weight is 236 g/mol. The first-order valence-corrected chi connectivity index (χ1v) is 6.90. The van der Waals surface area contributed by atoms with Crippen LogP contribution in [0.3, 0.4) is 0 Å². The fourth-order valence-electron chi connectivity index (χ4n) is 5.27. The van der Waals surface area contributed by atoms with Gasteiger partial charge in [0.25, 0.3) is 0 Å². The lowest BCUT2D eigenvalue weighted by Crippen LogP contribution is -2.61. The van der Waals surface area contributed by atoms with Crippen molar-refractivity contribution in [2.75, 3.05) is 6.54 Å². The maximum absolute atomic E-state index is 10.9. The standard InChI is InChI=1S/C14H24N2O/c1-2-14(17,9-16-15)13-6-10-3-11(7-13)5-12(4-10)8-13/h2,10-12,16-17H,1,3-9,15H2. The summed E-state index contributed by atoms with van der Waals surface area (Å²) < 4.78 is 0. The van der Waals surface area contributed by atoms with E-state index in [1.165, 1.54) is 38.5 Å². The van der Waals surface area contributed by atoms with E-state index in [9.17, 15) is 5.11 Å². The van der Waals surface area contributed by atoms with E-state index in [2.05, 4.69) is 12.0 Å². The summed E-state index contributed by atoms with van der Waals surface area (Å²) in [6, 6.07) is 0. The second-order valence-electron chi connectivity index (χ2n) is 6.71. The topological polar surface area (TPSA) is 58.3 Å². The monoisotopic (exact) mass is 236 g/mol. The number of nitrogens with two attached hydrogens (primary N) is 1. The highest BCUT2D eigenvalue weighted by atomic mass is 16.3. The Kier molecular flexibility index (Phi) is 2.62. The minimum absolute atomic E-state index is 0.0515. The molecule has 1 atom stereocenters. The van der Waals surface area contributed by atoms with E-state index in [-0.39, 0.29) is 5.41 Å². The first-order valence-electron chi connectivity index (χ1n) is 6.90. The molecule has 0 aromatic heterocycles. The molecule has 0 saturated heterocycles. The molecule has 4 aliphatic carbocycles. The molecule has 0 aliphatic heterocycles. The SMILES string of the molecule is C=CC(O)(CNN)C12CC3CC(CC(C3)C1)C2. The predicted octanol–water partition coefficient (Wildman–Crippen LogP) is 1.58. The van der Waals surface area contributed by atoms with Crippen molar-refractivity contribution in [3.63, 3.8) is 0 Å². The van der Waals surface area contributed by atoms with Crippen LogP contribution in [-0.4, -0.2) is 17.3 Å². The van der Waals surface area contributed by atoms with Crippen LogP contribution >= 0.6 is 0 Å². The van der Waals surface area contributed by atoms with Crippen LogP contribution in [0.1, 0.15) is 38.5 Å². The van der Waals surface area contributed by atoms with Crippen LogP contribution in [0.5, 0.6) is 0 Å². The number of aliphatic hydroxyl groups is 1. The molecule has 96 valence electrons. The number of rotatable bonds is 4. The summed E-state index contributed by atoms with van der Waals surface area (Å²) in [6.07, 6.45) is 9.42. The highest BCUT2D eigenvalue weighted by Crippen LogP contribution is 2.63. The van der Waals surface area contributed by atoms with Crippen LogP contribution in [0, 0.1) is 23.2 Å². The molecule has 4 bridgehead atoms. The molecule has 3 nitrogen and oxygen atoms in total. The number of hydrazine groups is 1. The summed E-state index contributed by atoms with van der Waals surface area (Å²) in [5, 5.41) is 10.9. The molecular formula is C14H24N2O. The van der Waals surface area contributed by atoms with Gasteiger partial charge < -0.3 is 5.11 Å². The van der Waals surface area contributed by atoms with Gasteiger partial charge in [-0.25, -0.2) is 0 Å². The Balaban J connectivity index is 1.92. The van der Waals surface area contributed by atoms with Gasteiger partial charge in [0.05, 0.1) is 0 Å². The van der Waals surface area contributed by atoms with Gasteiger partial charge in [-0.05, 0) is 56.3 Å². The van der Waals surface area contributed by atoms with Crippen molar-refractivity contribution in [3.8, 4) is 0 Å². The van der Waals surface area contributed by atoms with Crippen molar-refractivity contribution in [2.24, 2.45) is 29.0 Å². The van der Waals surface area contributed by atoms with Crippen molar-refractivity contribution in [1.82, 2.24) is 5.43 Å². The van der Waals surface area contributed by atoms with Gasteiger partial charge in [0.1, 0.15) is 5.60 Å². The highest BCUT2D eigenvalue weighted by molar-refractivity contribution is 5.16. The Morgan fingerprint density at radius 2 is 1.71 bits per heavy atom. The van der Waals surface area contributed by atoms with Crippen molar-refractivity contribution >= 4 is 0 Å². The van der Waals surface area contributed by atoms with Crippen LogP contribution in [0.15, 0.2) is 12.7 Å². The Hall–Kier alpha value is -0.380. The van der Waals surface area contributed by atoms with Crippen molar-refractivity contribution in [3.05, 3.63) is 12.7 Å². The van der Waals surface area contributed by atoms with E-state index in [0.717, 1.165) is 17.8 Å². The Bertz CT molecular complexity index is 293. The van der Waals surface area contributed by atoms with E-state index < -0.39 is 5.60 Å². The zero-order valence-corrected chi connectivity index (χ0v) is 10.5. The zero-order chi connectivity index (χ0) is 12.1. The molecule has 1 unspecified atom stereocenters. The summed E-state index contributed by atoms with van der Waals surface area (Å²) in [7, 11) is 0. The minimum atomic E-state index is -0.822. The number of hydrogen-bond acceptors (Lipinski definition) is 3. The van der Waals surface area contributed by atoms with E-state index in [0.29, 0.717) is 6.54 Å². The van der Waals surface area contributed by atoms with Gasteiger partial charge in [-0.1, -0.05) is 6.08 Å². The molecule has 3 heteroatoms. The van der Waals surface area contributed by atoms with Crippen LogP contribution < -0.4 is 11.3 Å². The van der Waals surface area contributed by atoms with Gasteiger partial charge in [0.2, 0.25) is 0 Å². The van der Waals surface area contributed by atoms with Gasteiger partial charge in [-0.3, -0.25) is 11.3 Å². The van der Waals surface area contributed by atoms with Crippen LogP contribution in [0.4, 0.5) is 0 Å². The molecule has 4 N–H and O–H groups in total. The zero-order valence-electron chi connectivity index (χ0n) is 10.5. The third-order valence-corrected chi connectivity index (χ3v) is 5.67. The average Bonchev–Trinajstić information content (AvgIpc) is 2.27. The molecule has 4 aliphatic rings. The molecule has 4 fully saturated rings. The summed E-state index contributed by atoms with van der Waals surface area (Å²) in [4.78, 5) is 0. The Morgan fingerprint density at radius 3 is 2.06 bits per heavy atom. The van der Waals surface area contributed by atoms with Crippen molar-refractivity contribution in [1.29, 1.82) is 0 Å². The van der Waals surface area contributed by atoms with Crippen LogP contribution in [-0.2, 0) is 0 Å². The summed E-state index contributed by atoms with van der Waals surface area (Å²) in [5.74, 6) is 7.97. The number of hydrogen-bond donors (Lipinski definition) is 3. The van der Waals surface area contributed by atoms with Gasteiger partial charge >= 0.3 is 0 Å². The lowest BCUT2D eigenvalue weighted by Gasteiger charge is -2.61. The molecule has 0 aromatic rings. The second kappa shape index (κ2) is 3.81. The third kappa shape index (κ3) is 1.60. The number of nitrogens with one attached hydrogen (secondary N) is 1. The summed E-state index contributed by atoms with van der Waals surface area (Å²) in [6.45, 7) is 4.30. The van der Waals surface area contributed by atoms with Gasteiger partial charge in [-0.15, -0.1) is 6.58 Å². The molecule has 4 saturated carbocycles. The Morgan fingerprint density at radius 1 is 1.24 bits per heavy atom.